The summed E-state index contributed by atoms with van der Waals surface area (Å²) in [5.74, 6) is -0.896. The van der Waals surface area contributed by atoms with E-state index in [0.717, 1.165) is 6.42 Å². The van der Waals surface area contributed by atoms with Crippen LogP contribution >= 0.6 is 0 Å². The van der Waals surface area contributed by atoms with Gasteiger partial charge in [-0.25, -0.2) is 0 Å². The van der Waals surface area contributed by atoms with E-state index in [-0.39, 0.29) is 53.6 Å². The molecule has 1 unspecified atom stereocenters. The van der Waals surface area contributed by atoms with Gasteiger partial charge in [0.15, 0.2) is 12.1 Å². The number of carboxylic acids is 1. The Balaban J connectivity index is -0.0000000712. The Morgan fingerprint density at radius 3 is 2.25 bits per heavy atom. The predicted molar refractivity (Wildman–Crippen MR) is 60.6 cm³/mol. The van der Waals surface area contributed by atoms with E-state index in [1.807, 2.05) is 6.92 Å². The molecule has 0 spiro atoms. The van der Waals surface area contributed by atoms with Gasteiger partial charge in [0.1, 0.15) is 6.04 Å². The summed E-state index contributed by atoms with van der Waals surface area (Å²) in [6.45, 7) is 2.55. The third-order valence-corrected chi connectivity index (χ3v) is 1.41. The third-order valence-electron chi connectivity index (χ3n) is 1.41. The van der Waals surface area contributed by atoms with E-state index in [1.165, 1.54) is 12.1 Å². The Bertz CT molecular complexity index is 244. The van der Waals surface area contributed by atoms with E-state index >= 15 is 0 Å². The molecule has 0 radical (unpaired) electrons. The van der Waals surface area contributed by atoms with Crippen molar-refractivity contribution in [3.63, 3.8) is 0 Å². The SMILES string of the molecule is CCCNC(CCO)C(=O)O.N#CC#N.[Ca+2].[H-].[H-]. The maximum Gasteiger partial charge on any atom is 2.00 e. The maximum atomic E-state index is 10.4. The van der Waals surface area contributed by atoms with Gasteiger partial charge in [-0.05, 0) is 19.4 Å². The molecule has 0 amide bonds. The Labute approximate surface area is 128 Å². The summed E-state index contributed by atoms with van der Waals surface area (Å²) in [7, 11) is 0. The molecule has 7 heteroatoms. The normalized spacial score (nSPS) is 9.50. The van der Waals surface area contributed by atoms with Gasteiger partial charge in [-0.2, -0.15) is 10.5 Å². The molecule has 0 heterocycles. The molecule has 0 saturated heterocycles. The van der Waals surface area contributed by atoms with Crippen LogP contribution in [0.3, 0.4) is 0 Å². The molecular formula is C9H17CaN3O3. The minimum absolute atomic E-state index is 0. The summed E-state index contributed by atoms with van der Waals surface area (Å²) < 4.78 is 0. The number of hydrogen-bond donors (Lipinski definition) is 3. The number of nitrogens with zero attached hydrogens (tertiary/aromatic N) is 2. The summed E-state index contributed by atoms with van der Waals surface area (Å²) in [4.78, 5) is 10.4. The van der Waals surface area contributed by atoms with Crippen LogP contribution in [0.2, 0.25) is 0 Å². The molecule has 0 aromatic rings. The van der Waals surface area contributed by atoms with Crippen LogP contribution in [-0.4, -0.2) is 73.1 Å². The fourth-order valence-electron chi connectivity index (χ4n) is 0.761. The first-order chi connectivity index (χ1) is 7.13. The van der Waals surface area contributed by atoms with Crippen LogP contribution in [0.5, 0.6) is 0 Å². The summed E-state index contributed by atoms with van der Waals surface area (Å²) in [5, 5.41) is 34.4. The minimum Gasteiger partial charge on any atom is -1.00 e. The van der Waals surface area contributed by atoms with E-state index in [9.17, 15) is 4.79 Å². The van der Waals surface area contributed by atoms with Crippen LogP contribution in [0.4, 0.5) is 0 Å². The van der Waals surface area contributed by atoms with Gasteiger partial charge in [0.05, 0.1) is 0 Å². The van der Waals surface area contributed by atoms with Crippen LogP contribution in [0.1, 0.15) is 22.6 Å². The minimum atomic E-state index is -0.896. The number of aliphatic hydroxyl groups excluding tert-OH is 1. The van der Waals surface area contributed by atoms with Crippen molar-refractivity contribution in [2.24, 2.45) is 0 Å². The second-order valence-corrected chi connectivity index (χ2v) is 2.58. The third kappa shape index (κ3) is 16.1. The van der Waals surface area contributed by atoms with Crippen molar-refractivity contribution in [1.82, 2.24) is 5.32 Å². The number of rotatable bonds is 6. The summed E-state index contributed by atoms with van der Waals surface area (Å²) in [6, 6.07) is 1.87. The van der Waals surface area contributed by atoms with Crippen LogP contribution in [0.15, 0.2) is 0 Å². The smallest absolute Gasteiger partial charge is 1.00 e. The molecule has 16 heavy (non-hydrogen) atoms. The quantitative estimate of drug-likeness (QED) is 0.561. The zero-order valence-corrected chi connectivity index (χ0v) is 11.5. The topological polar surface area (TPSA) is 117 Å². The Morgan fingerprint density at radius 1 is 1.50 bits per heavy atom. The molecule has 0 aromatic heterocycles. The number of aliphatic carboxylic acids is 1. The average molecular weight is 255 g/mol. The van der Waals surface area contributed by atoms with Crippen LogP contribution in [0.25, 0.3) is 0 Å². The van der Waals surface area contributed by atoms with Crippen LogP contribution in [-0.2, 0) is 4.79 Å². The number of carboxylic acid groups (broad SMARTS) is 1. The van der Waals surface area contributed by atoms with E-state index in [1.54, 1.807) is 0 Å². The van der Waals surface area contributed by atoms with Crippen LogP contribution < -0.4 is 5.32 Å². The largest absolute Gasteiger partial charge is 2.00 e. The molecule has 0 fully saturated rings. The van der Waals surface area contributed by atoms with Crippen molar-refractivity contribution in [1.29, 1.82) is 10.5 Å². The molecule has 0 aliphatic carbocycles. The van der Waals surface area contributed by atoms with Gasteiger partial charge in [0.25, 0.3) is 0 Å². The molecule has 0 aliphatic rings. The zero-order chi connectivity index (χ0) is 12.1. The maximum absolute atomic E-state index is 10.4. The monoisotopic (exact) mass is 255 g/mol. The fourth-order valence-corrected chi connectivity index (χ4v) is 0.761. The fraction of sp³-hybridized carbons (Fsp3) is 0.667. The number of nitriles is 2. The van der Waals surface area contributed by atoms with Gasteiger partial charge in [0.2, 0.25) is 0 Å². The average Bonchev–Trinajstić information content (AvgIpc) is 2.24. The molecule has 3 N–H and O–H groups in total. The van der Waals surface area contributed by atoms with Gasteiger partial charge < -0.3 is 18.4 Å². The molecule has 0 bridgehead atoms. The zero-order valence-electron chi connectivity index (χ0n) is 11.3. The first kappa shape index (κ1) is 21.0. The number of nitrogens with one attached hydrogen (secondary N) is 1. The van der Waals surface area contributed by atoms with Crippen molar-refractivity contribution < 1.29 is 17.9 Å². The van der Waals surface area contributed by atoms with Gasteiger partial charge in [0, 0.05) is 6.61 Å². The van der Waals surface area contributed by atoms with E-state index < -0.39 is 12.0 Å². The van der Waals surface area contributed by atoms with E-state index in [4.69, 9.17) is 20.7 Å². The molecule has 0 saturated carbocycles. The molecule has 88 valence electrons. The van der Waals surface area contributed by atoms with E-state index in [0.29, 0.717) is 6.54 Å². The first-order valence-corrected chi connectivity index (χ1v) is 4.49. The van der Waals surface area contributed by atoms with Gasteiger partial charge >= 0.3 is 43.7 Å². The predicted octanol–water partition coefficient (Wildman–Crippen LogP) is -0.301. The van der Waals surface area contributed by atoms with Gasteiger partial charge in [-0.15, -0.1) is 0 Å². The Kier molecular flexibility index (Phi) is 22.3. The molecule has 0 rings (SSSR count). The summed E-state index contributed by atoms with van der Waals surface area (Å²) in [6.07, 6.45) is 1.17. The molecule has 1 atom stereocenters. The molecule has 0 aromatic carbocycles. The summed E-state index contributed by atoms with van der Waals surface area (Å²) >= 11 is 0. The Morgan fingerprint density at radius 2 is 2.00 bits per heavy atom. The van der Waals surface area contributed by atoms with Crippen molar-refractivity contribution >= 4 is 43.7 Å². The molecule has 6 nitrogen and oxygen atoms in total. The number of hydrogen-bond acceptors (Lipinski definition) is 5. The first-order valence-electron chi connectivity index (χ1n) is 4.49. The molecule has 0 aliphatic heterocycles. The van der Waals surface area contributed by atoms with E-state index in [2.05, 4.69) is 5.32 Å². The second-order valence-electron chi connectivity index (χ2n) is 2.58. The van der Waals surface area contributed by atoms with Crippen molar-refractivity contribution in [3.05, 3.63) is 0 Å². The van der Waals surface area contributed by atoms with Crippen LogP contribution in [0, 0.1) is 22.7 Å². The molecular weight excluding hydrogens is 238 g/mol. The number of aliphatic hydroxyl groups is 1. The second kappa shape index (κ2) is 17.0. The van der Waals surface area contributed by atoms with Crippen molar-refractivity contribution in [2.75, 3.05) is 13.2 Å². The standard InChI is InChI=1S/C7H15NO3.C2N2.Ca.2H/c1-2-4-8-6(3-5-9)7(10)11;3-1-2-4;;;/h6,8-9H,2-5H2,1H3,(H,10,11);;;;/q;;+2;2*-1. The number of carbonyl (C=O) groups is 1. The van der Waals surface area contributed by atoms with Crippen molar-refractivity contribution in [3.8, 4) is 12.1 Å². The Hall–Kier alpha value is -0.370. The summed E-state index contributed by atoms with van der Waals surface area (Å²) in [5.41, 5.74) is 0. The van der Waals surface area contributed by atoms with Gasteiger partial charge in [-0.3, -0.25) is 4.79 Å². The van der Waals surface area contributed by atoms with Gasteiger partial charge in [-0.1, -0.05) is 6.92 Å². The van der Waals surface area contributed by atoms with Crippen molar-refractivity contribution in [2.45, 2.75) is 25.8 Å².